The Balaban J connectivity index is 0.00000274. The van der Waals surface area contributed by atoms with E-state index in [1.807, 2.05) is 37.1 Å². The molecular formula is C23H22BrCl3N4O3. The Kier molecular flexibility index (Phi) is 7.20. The number of nitrogens with zero attached hydrogens (tertiary/aromatic N) is 3. The summed E-state index contributed by atoms with van der Waals surface area (Å²) in [5.74, 6) is 0.384. The number of carbonyl (C=O) groups excluding carboxylic acids is 1. The number of halogens is 4. The zero-order valence-corrected chi connectivity index (χ0v) is 22.3. The molecule has 7 nitrogen and oxygen atoms in total. The average molecular weight is 589 g/mol. The third kappa shape index (κ3) is 4.55. The number of amides is 1. The lowest BCUT2D eigenvalue weighted by atomic mass is 9.89. The van der Waals surface area contributed by atoms with Crippen LogP contribution in [0.25, 0.3) is 16.9 Å². The quantitative estimate of drug-likeness (QED) is 0.429. The number of nitrogens with one attached hydrogen (secondary N) is 1. The Morgan fingerprint density at radius 2 is 1.88 bits per heavy atom. The van der Waals surface area contributed by atoms with Crippen molar-refractivity contribution in [2.75, 3.05) is 26.3 Å². The minimum absolute atomic E-state index is 0. The summed E-state index contributed by atoms with van der Waals surface area (Å²) in [6.45, 7) is 6.18. The van der Waals surface area contributed by atoms with Crippen molar-refractivity contribution in [3.8, 4) is 22.7 Å². The Labute approximate surface area is 221 Å². The summed E-state index contributed by atoms with van der Waals surface area (Å²) >= 11 is 16.3. The average Bonchev–Trinajstić information content (AvgIpc) is 3.17. The number of rotatable bonds is 3. The van der Waals surface area contributed by atoms with Crippen LogP contribution in [-0.2, 0) is 10.3 Å². The van der Waals surface area contributed by atoms with Crippen LogP contribution in [0.15, 0.2) is 40.9 Å². The van der Waals surface area contributed by atoms with Gasteiger partial charge < -0.3 is 9.47 Å². The van der Waals surface area contributed by atoms with Crippen molar-refractivity contribution in [2.45, 2.75) is 19.4 Å². The van der Waals surface area contributed by atoms with Crippen LogP contribution in [0.2, 0.25) is 10.0 Å². The van der Waals surface area contributed by atoms with Gasteiger partial charge in [0.1, 0.15) is 11.4 Å². The second-order valence-electron chi connectivity index (χ2n) is 8.37. The van der Waals surface area contributed by atoms with E-state index < -0.39 is 5.60 Å². The normalized spacial score (nSPS) is 16.6. The third-order valence-electron chi connectivity index (χ3n) is 5.67. The van der Waals surface area contributed by atoms with E-state index in [2.05, 4.69) is 21.4 Å². The lowest BCUT2D eigenvalue weighted by Crippen LogP contribution is -2.49. The van der Waals surface area contributed by atoms with Gasteiger partial charge in [0.05, 0.1) is 35.2 Å². The number of benzene rings is 2. The van der Waals surface area contributed by atoms with Crippen molar-refractivity contribution < 1.29 is 14.3 Å². The van der Waals surface area contributed by atoms with Crippen molar-refractivity contribution in [3.05, 3.63) is 62.2 Å². The fourth-order valence-corrected chi connectivity index (χ4v) is 5.05. The highest BCUT2D eigenvalue weighted by Crippen LogP contribution is 2.48. The first-order chi connectivity index (χ1) is 15.7. The molecule has 0 spiro atoms. The van der Waals surface area contributed by atoms with Crippen LogP contribution in [0.5, 0.6) is 5.75 Å². The fraction of sp³-hybridized carbons (Fsp3) is 0.304. The van der Waals surface area contributed by atoms with Gasteiger partial charge in [-0.1, -0.05) is 39.1 Å². The maximum absolute atomic E-state index is 13.4. The number of hydrazine groups is 1. The predicted molar refractivity (Wildman–Crippen MR) is 137 cm³/mol. The highest BCUT2D eigenvalue weighted by atomic mass is 79.9. The molecule has 3 aromatic rings. The molecular weight excluding hydrogens is 567 g/mol. The molecule has 2 aliphatic rings. The minimum atomic E-state index is -0.814. The molecule has 180 valence electrons. The summed E-state index contributed by atoms with van der Waals surface area (Å²) in [6, 6.07) is 11.0. The van der Waals surface area contributed by atoms with E-state index in [0.717, 1.165) is 15.7 Å². The van der Waals surface area contributed by atoms with Crippen molar-refractivity contribution >= 4 is 57.4 Å². The molecule has 0 bridgehead atoms. The monoisotopic (exact) mass is 586 g/mol. The van der Waals surface area contributed by atoms with E-state index in [4.69, 9.17) is 37.8 Å². The van der Waals surface area contributed by atoms with E-state index in [1.165, 1.54) is 0 Å². The van der Waals surface area contributed by atoms with Gasteiger partial charge in [0.25, 0.3) is 5.91 Å². The van der Waals surface area contributed by atoms with Crippen molar-refractivity contribution in [1.29, 1.82) is 0 Å². The Hall–Kier alpha value is -1.81. The number of fused-ring (bicyclic) bond motifs is 3. The maximum Gasteiger partial charge on any atom is 0.286 e. The number of carbonyl (C=O) groups is 1. The van der Waals surface area contributed by atoms with E-state index in [-0.39, 0.29) is 24.0 Å². The Morgan fingerprint density at radius 3 is 2.59 bits per heavy atom. The molecule has 0 radical (unpaired) electrons. The second kappa shape index (κ2) is 9.68. The van der Waals surface area contributed by atoms with Gasteiger partial charge >= 0.3 is 0 Å². The molecule has 11 heteroatoms. The molecule has 5 rings (SSSR count). The smallest absolute Gasteiger partial charge is 0.286 e. The standard InChI is InChI=1S/C23H21BrCl2N4O3.ClH/c1-23(2)19-20(22(31)28-29-7-9-32-10-8-29)27-30(17-5-4-14(25)12-16(17)26)21(19)15-11-13(24)3-6-18(15)33-23;/h3-6,11-12H,7-10H2,1-2H3,(H,28,31);1H. The molecule has 1 saturated heterocycles. The number of aromatic nitrogens is 2. The molecule has 1 aromatic heterocycles. The molecule has 1 amide bonds. The zero-order valence-electron chi connectivity index (χ0n) is 18.4. The van der Waals surface area contributed by atoms with Gasteiger partial charge in [-0.25, -0.2) is 9.69 Å². The summed E-state index contributed by atoms with van der Waals surface area (Å²) < 4.78 is 14.3. The number of ether oxygens (including phenoxy) is 2. The molecule has 0 saturated carbocycles. The molecule has 0 unspecified atom stereocenters. The van der Waals surface area contributed by atoms with Gasteiger partial charge in [-0.05, 0) is 50.2 Å². The van der Waals surface area contributed by atoms with Crippen molar-refractivity contribution in [3.63, 3.8) is 0 Å². The fourth-order valence-electron chi connectivity index (χ4n) is 4.20. The molecule has 0 atom stereocenters. The van der Waals surface area contributed by atoms with Gasteiger partial charge in [-0.3, -0.25) is 10.2 Å². The molecule has 0 aliphatic carbocycles. The summed E-state index contributed by atoms with van der Waals surface area (Å²) in [6.07, 6.45) is 0. The van der Waals surface area contributed by atoms with Crippen LogP contribution in [0.3, 0.4) is 0 Å². The molecule has 1 fully saturated rings. The summed E-state index contributed by atoms with van der Waals surface area (Å²) in [5.41, 5.74) is 5.29. The zero-order chi connectivity index (χ0) is 23.3. The molecule has 34 heavy (non-hydrogen) atoms. The first-order valence-corrected chi connectivity index (χ1v) is 12.0. The highest BCUT2D eigenvalue weighted by molar-refractivity contribution is 9.10. The Morgan fingerprint density at radius 1 is 1.15 bits per heavy atom. The molecule has 2 aliphatic heterocycles. The van der Waals surface area contributed by atoms with Crippen LogP contribution < -0.4 is 10.2 Å². The van der Waals surface area contributed by atoms with Crippen molar-refractivity contribution in [1.82, 2.24) is 20.2 Å². The predicted octanol–water partition coefficient (Wildman–Crippen LogP) is 5.63. The largest absolute Gasteiger partial charge is 0.482 e. The lowest BCUT2D eigenvalue weighted by molar-refractivity contribution is 0.0122. The van der Waals surface area contributed by atoms with Gasteiger partial charge in [-0.2, -0.15) is 5.10 Å². The maximum atomic E-state index is 13.4. The topological polar surface area (TPSA) is 68.6 Å². The number of hydrogen-bond acceptors (Lipinski definition) is 5. The lowest BCUT2D eigenvalue weighted by Gasteiger charge is -2.34. The van der Waals surface area contributed by atoms with E-state index in [1.54, 1.807) is 22.9 Å². The number of morpholine rings is 1. The summed E-state index contributed by atoms with van der Waals surface area (Å²) in [4.78, 5) is 13.4. The van der Waals surface area contributed by atoms with Gasteiger partial charge in [0.2, 0.25) is 0 Å². The third-order valence-corrected chi connectivity index (χ3v) is 6.70. The van der Waals surface area contributed by atoms with Crippen molar-refractivity contribution in [2.24, 2.45) is 0 Å². The first kappa shape index (κ1) is 25.3. The van der Waals surface area contributed by atoms with Crippen LogP contribution in [0.4, 0.5) is 0 Å². The number of hydrogen-bond donors (Lipinski definition) is 1. The van der Waals surface area contributed by atoms with Gasteiger partial charge in [0.15, 0.2) is 5.69 Å². The van der Waals surface area contributed by atoms with E-state index in [9.17, 15) is 4.79 Å². The van der Waals surface area contributed by atoms with Gasteiger partial charge in [-0.15, -0.1) is 12.4 Å². The summed E-state index contributed by atoms with van der Waals surface area (Å²) in [7, 11) is 0. The summed E-state index contributed by atoms with van der Waals surface area (Å²) in [5, 5.41) is 7.55. The highest BCUT2D eigenvalue weighted by Gasteiger charge is 2.41. The molecule has 1 N–H and O–H groups in total. The second-order valence-corrected chi connectivity index (χ2v) is 10.1. The van der Waals surface area contributed by atoms with Crippen LogP contribution in [0.1, 0.15) is 29.9 Å². The van der Waals surface area contributed by atoms with Crippen LogP contribution in [-0.4, -0.2) is 47.0 Å². The van der Waals surface area contributed by atoms with Crippen LogP contribution >= 0.6 is 51.5 Å². The Bertz CT molecular complexity index is 1260. The van der Waals surface area contributed by atoms with E-state index >= 15 is 0 Å². The molecule has 2 aromatic carbocycles. The van der Waals surface area contributed by atoms with Crippen LogP contribution in [0, 0.1) is 0 Å². The van der Waals surface area contributed by atoms with Gasteiger partial charge in [0, 0.05) is 28.1 Å². The van der Waals surface area contributed by atoms with E-state index in [0.29, 0.717) is 53.3 Å². The first-order valence-electron chi connectivity index (χ1n) is 10.5. The SMILES string of the molecule is CC1(C)Oc2ccc(Br)cc2-c2c1c(C(=O)NN1CCOCC1)nn2-c1ccc(Cl)cc1Cl.Cl. The minimum Gasteiger partial charge on any atom is -0.482 e. The molecule has 3 heterocycles.